The second-order valence-corrected chi connectivity index (χ2v) is 4.68. The summed E-state index contributed by atoms with van der Waals surface area (Å²) < 4.78 is 4.95. The number of ketones is 1. The number of hydrogen-bond acceptors (Lipinski definition) is 6. The fourth-order valence-electron chi connectivity index (χ4n) is 2.24. The topological polar surface area (TPSA) is 144 Å². The first-order valence-electron chi connectivity index (χ1n) is 6.52. The van der Waals surface area contributed by atoms with Crippen molar-refractivity contribution in [3.05, 3.63) is 33.9 Å². The third kappa shape index (κ3) is 3.12. The molecule has 0 spiro atoms. The molecular weight excluding hydrogens is 310 g/mol. The predicted octanol–water partition coefficient (Wildman–Crippen LogP) is 1.28. The van der Waals surface area contributed by atoms with Crippen molar-refractivity contribution in [1.82, 2.24) is 0 Å². The van der Waals surface area contributed by atoms with E-state index in [1.54, 1.807) is 0 Å². The number of carbonyl (C=O) groups excluding carboxylic acids is 1. The lowest BCUT2D eigenvalue weighted by molar-refractivity contribution is -0.385. The summed E-state index contributed by atoms with van der Waals surface area (Å²) in [5, 5.41) is 29.4. The minimum Gasteiger partial charge on any atom is -0.496 e. The number of rotatable bonds is 8. The third-order valence-corrected chi connectivity index (χ3v) is 3.60. The summed E-state index contributed by atoms with van der Waals surface area (Å²) in [6.07, 6.45) is -1.23. The highest BCUT2D eigenvalue weighted by molar-refractivity contribution is 6.19. The Balaban J connectivity index is 3.41. The molecule has 1 aromatic rings. The molecule has 0 fully saturated rings. The molecular formula is C14H15NO8. The van der Waals surface area contributed by atoms with Crippen LogP contribution < -0.4 is 4.74 Å². The average molecular weight is 325 g/mol. The van der Waals surface area contributed by atoms with Gasteiger partial charge in [0.15, 0.2) is 5.78 Å². The fourth-order valence-corrected chi connectivity index (χ4v) is 2.24. The molecule has 0 saturated heterocycles. The van der Waals surface area contributed by atoms with Crippen molar-refractivity contribution >= 4 is 23.4 Å². The number of methoxy groups -OCH3 is 1. The van der Waals surface area contributed by atoms with E-state index >= 15 is 0 Å². The molecule has 0 radical (unpaired) electrons. The van der Waals surface area contributed by atoms with Gasteiger partial charge in [-0.05, 0) is 12.5 Å². The fraction of sp³-hybridized carbons (Fsp3) is 0.357. The molecule has 0 aromatic heterocycles. The van der Waals surface area contributed by atoms with E-state index in [0.717, 1.165) is 6.07 Å². The number of ether oxygens (including phenoxy) is 1. The van der Waals surface area contributed by atoms with Crippen molar-refractivity contribution in [3.8, 4) is 5.75 Å². The van der Waals surface area contributed by atoms with E-state index in [1.165, 1.54) is 26.2 Å². The summed E-state index contributed by atoms with van der Waals surface area (Å²) in [5.41, 5.74) is -3.27. The van der Waals surface area contributed by atoms with Gasteiger partial charge in [-0.1, -0.05) is 13.0 Å². The summed E-state index contributed by atoms with van der Waals surface area (Å²) in [6.45, 7) is 1.25. The molecule has 0 aliphatic rings. The highest BCUT2D eigenvalue weighted by Crippen LogP contribution is 2.33. The van der Waals surface area contributed by atoms with Crippen LogP contribution in [0.5, 0.6) is 5.75 Å². The lowest BCUT2D eigenvalue weighted by atomic mass is 9.78. The van der Waals surface area contributed by atoms with E-state index in [0.29, 0.717) is 0 Å². The average Bonchev–Trinajstić information content (AvgIpc) is 2.47. The van der Waals surface area contributed by atoms with Crippen molar-refractivity contribution in [1.29, 1.82) is 0 Å². The van der Waals surface area contributed by atoms with Crippen LogP contribution in [0.25, 0.3) is 0 Å². The van der Waals surface area contributed by atoms with Gasteiger partial charge in [0.2, 0.25) is 5.41 Å². The van der Waals surface area contributed by atoms with Crippen molar-refractivity contribution in [2.45, 2.75) is 19.8 Å². The van der Waals surface area contributed by atoms with Crippen molar-refractivity contribution in [2.75, 3.05) is 7.11 Å². The van der Waals surface area contributed by atoms with Crippen LogP contribution in [0.15, 0.2) is 18.2 Å². The SMILES string of the molecule is CCC(C(=O)O)(C(=O)O)C(=O)Cc1c(OC)cccc1[N+](=O)[O-]. The van der Waals surface area contributed by atoms with Gasteiger partial charge in [0.25, 0.3) is 5.69 Å². The predicted molar refractivity (Wildman–Crippen MR) is 76.4 cm³/mol. The first-order valence-corrected chi connectivity index (χ1v) is 6.52. The Kier molecular flexibility index (Phi) is 5.39. The second-order valence-electron chi connectivity index (χ2n) is 4.68. The molecule has 0 heterocycles. The molecule has 9 heteroatoms. The maximum absolute atomic E-state index is 12.4. The second kappa shape index (κ2) is 6.86. The van der Waals surface area contributed by atoms with Crippen molar-refractivity contribution in [3.63, 3.8) is 0 Å². The van der Waals surface area contributed by atoms with E-state index in [9.17, 15) is 34.7 Å². The van der Waals surface area contributed by atoms with E-state index in [4.69, 9.17) is 4.74 Å². The van der Waals surface area contributed by atoms with Crippen LogP contribution in [0, 0.1) is 15.5 Å². The molecule has 1 aromatic carbocycles. The molecule has 0 unspecified atom stereocenters. The smallest absolute Gasteiger partial charge is 0.328 e. The lowest BCUT2D eigenvalue weighted by Gasteiger charge is -2.22. The number of nitro groups is 1. The summed E-state index contributed by atoms with van der Waals surface area (Å²) in [6, 6.07) is 3.83. The number of Topliss-reactive ketones (excluding diaryl/α,β-unsaturated/α-hetero) is 1. The number of hydrogen-bond donors (Lipinski definition) is 2. The maximum Gasteiger partial charge on any atom is 0.328 e. The van der Waals surface area contributed by atoms with Gasteiger partial charge in [-0.25, -0.2) is 0 Å². The molecule has 0 aliphatic heterocycles. The molecule has 0 atom stereocenters. The van der Waals surface area contributed by atoms with Gasteiger partial charge in [0, 0.05) is 12.5 Å². The van der Waals surface area contributed by atoms with Crippen molar-refractivity contribution < 1.29 is 34.3 Å². The Labute approximate surface area is 130 Å². The van der Waals surface area contributed by atoms with Crippen LogP contribution in [0.4, 0.5) is 5.69 Å². The molecule has 2 N–H and O–H groups in total. The van der Waals surface area contributed by atoms with E-state index < -0.39 is 46.6 Å². The first-order chi connectivity index (χ1) is 10.7. The zero-order chi connectivity index (χ0) is 17.8. The Bertz CT molecular complexity index is 653. The van der Waals surface area contributed by atoms with Gasteiger partial charge in [-0.15, -0.1) is 0 Å². The Morgan fingerprint density at radius 2 is 1.83 bits per heavy atom. The van der Waals surface area contributed by atoms with E-state index in [1.807, 2.05) is 0 Å². The third-order valence-electron chi connectivity index (χ3n) is 3.60. The van der Waals surface area contributed by atoms with Crippen LogP contribution in [0.3, 0.4) is 0 Å². The summed E-state index contributed by atoms with van der Waals surface area (Å²) in [7, 11) is 1.23. The Morgan fingerprint density at radius 1 is 1.26 bits per heavy atom. The molecule has 124 valence electrons. The quantitative estimate of drug-likeness (QED) is 0.413. The lowest BCUT2D eigenvalue weighted by Crippen LogP contribution is -2.46. The number of nitro benzene ring substituents is 1. The zero-order valence-corrected chi connectivity index (χ0v) is 12.4. The number of carbonyl (C=O) groups is 3. The number of benzene rings is 1. The number of carboxylic acid groups (broad SMARTS) is 2. The van der Waals surface area contributed by atoms with Crippen LogP contribution in [-0.4, -0.2) is 40.0 Å². The van der Waals surface area contributed by atoms with Gasteiger partial charge in [0.1, 0.15) is 5.75 Å². The largest absolute Gasteiger partial charge is 0.496 e. The van der Waals surface area contributed by atoms with Gasteiger partial charge >= 0.3 is 11.9 Å². The maximum atomic E-state index is 12.4. The normalized spacial score (nSPS) is 10.9. The van der Waals surface area contributed by atoms with Crippen LogP contribution in [-0.2, 0) is 20.8 Å². The molecule has 23 heavy (non-hydrogen) atoms. The molecule has 0 bridgehead atoms. The summed E-state index contributed by atoms with van der Waals surface area (Å²) in [5.74, 6) is -4.77. The standard InChI is InChI=1S/C14H15NO8/c1-3-14(12(17)18,13(19)20)11(16)7-8-9(15(21)22)5-4-6-10(8)23-2/h4-6H,3,7H2,1-2H3,(H,17,18)(H,19,20). The Hall–Kier alpha value is -2.97. The molecule has 9 nitrogen and oxygen atoms in total. The van der Waals surface area contributed by atoms with Gasteiger partial charge in [-0.2, -0.15) is 0 Å². The van der Waals surface area contributed by atoms with Crippen LogP contribution in [0.2, 0.25) is 0 Å². The van der Waals surface area contributed by atoms with Crippen LogP contribution >= 0.6 is 0 Å². The van der Waals surface area contributed by atoms with Gasteiger partial charge in [-0.3, -0.25) is 24.5 Å². The van der Waals surface area contributed by atoms with Crippen LogP contribution in [0.1, 0.15) is 18.9 Å². The minimum absolute atomic E-state index is 0.00771. The zero-order valence-electron chi connectivity index (χ0n) is 12.4. The first kappa shape index (κ1) is 18.1. The van der Waals surface area contributed by atoms with Crippen molar-refractivity contribution in [2.24, 2.45) is 5.41 Å². The highest BCUT2D eigenvalue weighted by Gasteiger charge is 2.52. The number of aliphatic carboxylic acids is 2. The number of carboxylic acids is 2. The molecule has 0 amide bonds. The van der Waals surface area contributed by atoms with Gasteiger partial charge < -0.3 is 14.9 Å². The minimum atomic E-state index is -2.66. The summed E-state index contributed by atoms with van der Waals surface area (Å²) >= 11 is 0. The molecule has 0 aliphatic carbocycles. The molecule has 1 rings (SSSR count). The Morgan fingerprint density at radius 3 is 2.22 bits per heavy atom. The highest BCUT2D eigenvalue weighted by atomic mass is 16.6. The van der Waals surface area contributed by atoms with E-state index in [-0.39, 0.29) is 11.3 Å². The van der Waals surface area contributed by atoms with Gasteiger partial charge in [0.05, 0.1) is 17.6 Å². The van der Waals surface area contributed by atoms with E-state index in [2.05, 4.69) is 0 Å². The monoisotopic (exact) mass is 325 g/mol. The summed E-state index contributed by atoms with van der Waals surface area (Å²) in [4.78, 5) is 45.3. The number of nitrogens with zero attached hydrogens (tertiary/aromatic N) is 1. The molecule has 0 saturated carbocycles.